The lowest BCUT2D eigenvalue weighted by Gasteiger charge is -2.55. The number of ketones is 1. The van der Waals surface area contributed by atoms with E-state index in [2.05, 4.69) is 20.8 Å². The van der Waals surface area contributed by atoms with Crippen molar-refractivity contribution < 1.29 is 28.6 Å². The summed E-state index contributed by atoms with van der Waals surface area (Å²) in [4.78, 5) is 38.0. The van der Waals surface area contributed by atoms with Crippen molar-refractivity contribution in [3.05, 3.63) is 11.6 Å². The van der Waals surface area contributed by atoms with Crippen LogP contribution >= 0.6 is 0 Å². The van der Waals surface area contributed by atoms with Gasteiger partial charge in [0.1, 0.15) is 11.2 Å². The number of hydrogen-bond donors (Lipinski definition) is 0. The van der Waals surface area contributed by atoms with Crippen LogP contribution in [0, 0.1) is 35.0 Å². The van der Waals surface area contributed by atoms with Crippen molar-refractivity contribution in [3.8, 4) is 0 Å². The zero-order chi connectivity index (χ0) is 23.2. The Labute approximate surface area is 195 Å². The molecule has 1 unspecified atom stereocenters. The lowest BCUT2D eigenvalue weighted by Crippen LogP contribution is -2.60. The number of carbonyl (C=O) groups is 3. The monoisotopic (exact) mass is 456 g/mol. The molecule has 0 bridgehead atoms. The van der Waals surface area contributed by atoms with Crippen LogP contribution in [0.4, 0.5) is 0 Å². The average molecular weight is 457 g/mol. The molecule has 0 aromatic rings. The average Bonchev–Trinajstić information content (AvgIpc) is 3.24. The van der Waals surface area contributed by atoms with Gasteiger partial charge in [0.25, 0.3) is 0 Å². The van der Waals surface area contributed by atoms with Gasteiger partial charge in [-0.2, -0.15) is 0 Å². The van der Waals surface area contributed by atoms with Gasteiger partial charge in [-0.1, -0.05) is 26.3 Å². The van der Waals surface area contributed by atoms with Crippen LogP contribution in [0.25, 0.3) is 0 Å². The van der Waals surface area contributed by atoms with Crippen molar-refractivity contribution in [1.29, 1.82) is 0 Å². The molecule has 33 heavy (non-hydrogen) atoms. The van der Waals surface area contributed by atoms with Crippen LogP contribution < -0.4 is 0 Å². The van der Waals surface area contributed by atoms with Crippen molar-refractivity contribution in [3.63, 3.8) is 0 Å². The summed E-state index contributed by atoms with van der Waals surface area (Å²) in [7, 11) is 0. The van der Waals surface area contributed by atoms with Gasteiger partial charge in [0.2, 0.25) is 0 Å². The topological polar surface area (TPSA) is 82.2 Å². The van der Waals surface area contributed by atoms with Crippen molar-refractivity contribution >= 4 is 17.7 Å². The van der Waals surface area contributed by atoms with Gasteiger partial charge in [-0.25, -0.2) is 0 Å². The summed E-state index contributed by atoms with van der Waals surface area (Å²) in [5, 5.41) is 0. The number of hydrogen-bond acceptors (Lipinski definition) is 6. The van der Waals surface area contributed by atoms with Gasteiger partial charge in [-0.15, -0.1) is 0 Å². The molecule has 2 heterocycles. The van der Waals surface area contributed by atoms with E-state index >= 15 is 0 Å². The minimum atomic E-state index is -0.394. The predicted octanol–water partition coefficient (Wildman–Crippen LogP) is 4.15. The summed E-state index contributed by atoms with van der Waals surface area (Å²) < 4.78 is 18.5. The van der Waals surface area contributed by atoms with Gasteiger partial charge in [0.05, 0.1) is 18.6 Å². The zero-order valence-electron chi connectivity index (χ0n) is 20.1. The van der Waals surface area contributed by atoms with Crippen molar-refractivity contribution in [1.82, 2.24) is 0 Å². The first-order chi connectivity index (χ1) is 15.7. The summed E-state index contributed by atoms with van der Waals surface area (Å²) in [5.41, 5.74) is 0.111. The van der Waals surface area contributed by atoms with Crippen LogP contribution in [0.15, 0.2) is 11.6 Å². The SMILES string of the molecule is CC(C)CCOC(=O)[C@@H]1CC2=CC(=O)CC[C@]2(C)[C@@]23OC2C[C@H]2[C@@H](CC[C@@]24CCC(=O)O4)[C@H]13. The Morgan fingerprint density at radius 2 is 2.03 bits per heavy atom. The largest absolute Gasteiger partial charge is 0.465 e. The molecule has 2 spiro atoms. The van der Waals surface area contributed by atoms with Crippen LogP contribution in [0.3, 0.4) is 0 Å². The first kappa shape index (κ1) is 21.8. The number of ether oxygens (including phenoxy) is 3. The third kappa shape index (κ3) is 2.91. The second-order valence-corrected chi connectivity index (χ2v) is 12.1. The third-order valence-corrected chi connectivity index (χ3v) is 10.2. The lowest BCUT2D eigenvalue weighted by atomic mass is 9.46. The maximum Gasteiger partial charge on any atom is 0.309 e. The Morgan fingerprint density at radius 1 is 1.21 bits per heavy atom. The number of rotatable bonds is 4. The van der Waals surface area contributed by atoms with E-state index in [4.69, 9.17) is 14.2 Å². The number of esters is 2. The van der Waals surface area contributed by atoms with Crippen LogP contribution in [-0.2, 0) is 28.6 Å². The quantitative estimate of drug-likeness (QED) is 0.467. The highest BCUT2D eigenvalue weighted by molar-refractivity contribution is 5.92. The van der Waals surface area contributed by atoms with E-state index in [9.17, 15) is 14.4 Å². The fraction of sp³-hybridized carbons (Fsp3) is 0.815. The van der Waals surface area contributed by atoms with Gasteiger partial charge in [-0.05, 0) is 62.9 Å². The molecule has 6 nitrogen and oxygen atoms in total. The molecule has 6 heteroatoms. The molecule has 2 saturated heterocycles. The second kappa shape index (κ2) is 7.16. The smallest absolute Gasteiger partial charge is 0.309 e. The minimum absolute atomic E-state index is 0.0572. The third-order valence-electron chi connectivity index (χ3n) is 10.2. The van der Waals surface area contributed by atoms with E-state index in [1.807, 2.05) is 6.08 Å². The molecule has 0 aromatic carbocycles. The fourth-order valence-corrected chi connectivity index (χ4v) is 8.59. The first-order valence-electron chi connectivity index (χ1n) is 13.0. The molecule has 4 aliphatic carbocycles. The zero-order valence-corrected chi connectivity index (χ0v) is 20.1. The molecular weight excluding hydrogens is 420 g/mol. The number of carbonyl (C=O) groups excluding carboxylic acids is 3. The lowest BCUT2D eigenvalue weighted by molar-refractivity contribution is -0.163. The van der Waals surface area contributed by atoms with Crippen molar-refractivity contribution in [2.45, 2.75) is 95.9 Å². The summed E-state index contributed by atoms with van der Waals surface area (Å²) >= 11 is 0. The highest BCUT2D eigenvalue weighted by atomic mass is 16.6. The van der Waals surface area contributed by atoms with Gasteiger partial charge < -0.3 is 14.2 Å². The van der Waals surface area contributed by atoms with Gasteiger partial charge in [-0.3, -0.25) is 14.4 Å². The van der Waals surface area contributed by atoms with Gasteiger partial charge >= 0.3 is 11.9 Å². The summed E-state index contributed by atoms with van der Waals surface area (Å²) in [6, 6.07) is 0. The van der Waals surface area contributed by atoms with E-state index < -0.39 is 5.60 Å². The molecule has 0 radical (unpaired) electrons. The Morgan fingerprint density at radius 3 is 2.76 bits per heavy atom. The summed E-state index contributed by atoms with van der Waals surface area (Å²) in [5.74, 6) is 0.704. The Kier molecular flexibility index (Phi) is 4.73. The summed E-state index contributed by atoms with van der Waals surface area (Å²) in [6.07, 6.45) is 8.66. The minimum Gasteiger partial charge on any atom is -0.465 e. The number of fused-ring (bicyclic) bond motifs is 4. The van der Waals surface area contributed by atoms with E-state index in [0.29, 0.717) is 31.8 Å². The Bertz CT molecular complexity index is 937. The van der Waals surface area contributed by atoms with Crippen LogP contribution in [0.1, 0.15) is 78.6 Å². The molecule has 0 amide bonds. The molecule has 180 valence electrons. The molecule has 5 fully saturated rings. The molecular formula is C27H36O6. The first-order valence-corrected chi connectivity index (χ1v) is 13.0. The number of epoxide rings is 1. The predicted molar refractivity (Wildman–Crippen MR) is 119 cm³/mol. The summed E-state index contributed by atoms with van der Waals surface area (Å²) in [6.45, 7) is 6.95. The fourth-order valence-electron chi connectivity index (χ4n) is 8.59. The molecule has 0 N–H and O–H groups in total. The van der Waals surface area contributed by atoms with E-state index in [0.717, 1.165) is 44.1 Å². The van der Waals surface area contributed by atoms with Crippen LogP contribution in [0.2, 0.25) is 0 Å². The van der Waals surface area contributed by atoms with Gasteiger partial charge in [0.15, 0.2) is 5.78 Å². The highest BCUT2D eigenvalue weighted by Gasteiger charge is 2.81. The molecule has 0 aromatic heterocycles. The highest BCUT2D eigenvalue weighted by Crippen LogP contribution is 2.75. The van der Waals surface area contributed by atoms with Gasteiger partial charge in [0, 0.05) is 30.1 Å². The maximum absolute atomic E-state index is 13.5. The second-order valence-electron chi connectivity index (χ2n) is 12.1. The molecule has 8 atom stereocenters. The Balaban J connectivity index is 1.37. The standard InChI is InChI=1S/C27H36O6/c1-15(2)7-11-31-24(30)19-13-16-12-17(28)4-8-25(16,3)27-21(32-27)14-20-18(23(19)27)5-9-26(20)10-6-22(29)33-26/h12,15,18-21,23H,4-11,13-14H2,1-3H3/t18-,19-,20+,21?,23-,25+,26-,27-/m1/s1. The molecule has 6 aliphatic rings. The maximum atomic E-state index is 13.5. The molecule has 6 rings (SSSR count). The van der Waals surface area contributed by atoms with Crippen molar-refractivity contribution in [2.75, 3.05) is 6.61 Å². The van der Waals surface area contributed by atoms with E-state index in [-0.39, 0.29) is 58.5 Å². The van der Waals surface area contributed by atoms with Crippen molar-refractivity contribution in [2.24, 2.45) is 35.0 Å². The van der Waals surface area contributed by atoms with Crippen LogP contribution in [-0.4, -0.2) is 41.6 Å². The van der Waals surface area contributed by atoms with E-state index in [1.165, 1.54) is 0 Å². The van der Waals surface area contributed by atoms with E-state index in [1.54, 1.807) is 0 Å². The van der Waals surface area contributed by atoms with Crippen LogP contribution in [0.5, 0.6) is 0 Å². The molecule has 2 aliphatic heterocycles. The molecule has 3 saturated carbocycles. The normalized spacial score (nSPS) is 47.4. The Hall–Kier alpha value is -1.69.